The highest BCUT2D eigenvalue weighted by Gasteiger charge is 2.14. The average molecular weight is 456 g/mol. The fourth-order valence-corrected chi connectivity index (χ4v) is 4.01. The van der Waals surface area contributed by atoms with Crippen molar-refractivity contribution in [3.8, 4) is 22.6 Å². The van der Waals surface area contributed by atoms with Crippen LogP contribution in [-0.2, 0) is 11.3 Å². The number of aromatic amines is 1. The van der Waals surface area contributed by atoms with Gasteiger partial charge in [-0.3, -0.25) is 14.5 Å². The van der Waals surface area contributed by atoms with Gasteiger partial charge < -0.3 is 5.32 Å². The Morgan fingerprint density at radius 3 is 2.63 bits per heavy atom. The van der Waals surface area contributed by atoms with Crippen molar-refractivity contribution in [3.05, 3.63) is 68.8 Å². The molecule has 0 fully saturated rings. The smallest absolute Gasteiger partial charge is 0.246 e. The molecule has 0 saturated carbocycles. The number of thiazole rings is 1. The second-order valence-corrected chi connectivity index (χ2v) is 8.51. The molecule has 0 spiro atoms. The predicted octanol–water partition coefficient (Wildman–Crippen LogP) is 5.64. The van der Waals surface area contributed by atoms with Crippen LogP contribution in [0.15, 0.2) is 47.8 Å². The van der Waals surface area contributed by atoms with Crippen molar-refractivity contribution in [2.24, 2.45) is 0 Å². The first kappa shape index (κ1) is 20.5. The Morgan fingerprint density at radius 2 is 1.90 bits per heavy atom. The quantitative estimate of drug-likeness (QED) is 0.382. The summed E-state index contributed by atoms with van der Waals surface area (Å²) in [5.41, 5.74) is 5.11. The third-order valence-electron chi connectivity index (χ3n) is 4.72. The lowest BCUT2D eigenvalue weighted by Gasteiger charge is -2.07. The molecule has 0 radical (unpaired) electrons. The molecule has 0 aliphatic carbocycles. The summed E-state index contributed by atoms with van der Waals surface area (Å²) in [4.78, 5) is 17.2. The van der Waals surface area contributed by atoms with E-state index in [-0.39, 0.29) is 12.5 Å². The number of H-pyrrole nitrogens is 1. The van der Waals surface area contributed by atoms with E-state index in [4.69, 9.17) is 23.8 Å². The van der Waals surface area contributed by atoms with Gasteiger partial charge in [0.15, 0.2) is 15.7 Å². The number of carbonyl (C=O) groups excluding carboxylic acids is 1. The van der Waals surface area contributed by atoms with Gasteiger partial charge in [-0.1, -0.05) is 23.7 Å². The number of amides is 1. The minimum Gasteiger partial charge on any atom is -0.300 e. The van der Waals surface area contributed by atoms with Gasteiger partial charge in [0.25, 0.3) is 0 Å². The lowest BCUT2D eigenvalue weighted by Crippen LogP contribution is -2.19. The zero-order valence-electron chi connectivity index (χ0n) is 16.3. The summed E-state index contributed by atoms with van der Waals surface area (Å²) in [5.74, 6) is 0.338. The predicted molar refractivity (Wildman–Crippen MR) is 124 cm³/mol. The Bertz CT molecular complexity index is 1270. The number of benzene rings is 2. The van der Waals surface area contributed by atoms with Gasteiger partial charge in [-0.25, -0.2) is 4.98 Å². The van der Waals surface area contributed by atoms with E-state index in [2.05, 4.69) is 46.5 Å². The summed E-state index contributed by atoms with van der Waals surface area (Å²) >= 11 is 12.6. The maximum Gasteiger partial charge on any atom is 0.246 e. The lowest BCUT2D eigenvalue weighted by molar-refractivity contribution is -0.116. The third kappa shape index (κ3) is 4.35. The van der Waals surface area contributed by atoms with E-state index in [1.807, 2.05) is 23.6 Å². The first-order valence-corrected chi connectivity index (χ1v) is 10.8. The van der Waals surface area contributed by atoms with Crippen LogP contribution in [0.5, 0.6) is 0 Å². The Balaban J connectivity index is 1.50. The van der Waals surface area contributed by atoms with Crippen LogP contribution in [0.2, 0.25) is 5.02 Å². The minimum absolute atomic E-state index is 0.0197. The molecule has 9 heteroatoms. The summed E-state index contributed by atoms with van der Waals surface area (Å²) in [5, 5.41) is 12.9. The van der Waals surface area contributed by atoms with Crippen molar-refractivity contribution in [1.82, 2.24) is 19.7 Å². The number of hydrogen-bond donors (Lipinski definition) is 2. The molecule has 2 aromatic heterocycles. The van der Waals surface area contributed by atoms with E-state index >= 15 is 0 Å². The van der Waals surface area contributed by atoms with Gasteiger partial charge in [-0.05, 0) is 67.5 Å². The Morgan fingerprint density at radius 1 is 1.17 bits per heavy atom. The topological polar surface area (TPSA) is 75.6 Å². The zero-order chi connectivity index (χ0) is 21.3. The number of nitrogens with zero attached hydrogens (tertiary/aromatic N) is 3. The van der Waals surface area contributed by atoms with Crippen LogP contribution in [0, 0.1) is 18.6 Å². The number of carbonyl (C=O) groups is 1. The SMILES string of the molecule is Cc1ccc(-c2csc(NC(=O)Cn3c(-c4ccc(Cl)cc4)n[nH]c3=S)n2)cc1C. The van der Waals surface area contributed by atoms with Gasteiger partial charge in [-0.2, -0.15) is 5.10 Å². The maximum absolute atomic E-state index is 12.6. The molecular weight excluding hydrogens is 438 g/mol. The molecule has 0 aliphatic heterocycles. The maximum atomic E-state index is 12.6. The zero-order valence-corrected chi connectivity index (χ0v) is 18.7. The Hall–Kier alpha value is -2.81. The van der Waals surface area contributed by atoms with E-state index in [0.717, 1.165) is 16.8 Å². The van der Waals surface area contributed by atoms with Crippen molar-refractivity contribution in [3.63, 3.8) is 0 Å². The van der Waals surface area contributed by atoms with Crippen molar-refractivity contribution >= 4 is 46.2 Å². The number of anilines is 1. The summed E-state index contributed by atoms with van der Waals surface area (Å²) in [7, 11) is 0. The molecule has 2 heterocycles. The molecular formula is C21H18ClN5OS2. The largest absolute Gasteiger partial charge is 0.300 e. The van der Waals surface area contributed by atoms with Crippen LogP contribution in [0.4, 0.5) is 5.13 Å². The lowest BCUT2D eigenvalue weighted by atomic mass is 10.1. The van der Waals surface area contributed by atoms with Gasteiger partial charge in [0.1, 0.15) is 6.54 Å². The van der Waals surface area contributed by atoms with Crippen LogP contribution in [0.3, 0.4) is 0 Å². The molecule has 0 atom stereocenters. The number of aromatic nitrogens is 4. The second kappa shape index (κ2) is 8.51. The first-order chi connectivity index (χ1) is 14.4. The highest BCUT2D eigenvalue weighted by Crippen LogP contribution is 2.26. The molecule has 0 saturated heterocycles. The summed E-state index contributed by atoms with van der Waals surface area (Å²) < 4.78 is 2.01. The minimum atomic E-state index is -0.233. The summed E-state index contributed by atoms with van der Waals surface area (Å²) in [6.45, 7) is 4.16. The van der Waals surface area contributed by atoms with Gasteiger partial charge in [0, 0.05) is 21.5 Å². The summed E-state index contributed by atoms with van der Waals surface area (Å²) in [6, 6.07) is 13.4. The van der Waals surface area contributed by atoms with Crippen LogP contribution < -0.4 is 5.32 Å². The van der Waals surface area contributed by atoms with E-state index in [1.54, 1.807) is 16.7 Å². The monoisotopic (exact) mass is 455 g/mol. The van der Waals surface area contributed by atoms with Gasteiger partial charge in [-0.15, -0.1) is 11.3 Å². The van der Waals surface area contributed by atoms with Crippen molar-refractivity contribution in [1.29, 1.82) is 0 Å². The van der Waals surface area contributed by atoms with Crippen molar-refractivity contribution in [2.75, 3.05) is 5.32 Å². The van der Waals surface area contributed by atoms with E-state index in [1.165, 1.54) is 22.5 Å². The summed E-state index contributed by atoms with van der Waals surface area (Å²) in [6.07, 6.45) is 0. The number of nitrogens with one attached hydrogen (secondary N) is 2. The van der Waals surface area contributed by atoms with Crippen LogP contribution in [0.1, 0.15) is 11.1 Å². The van der Waals surface area contributed by atoms with Crippen molar-refractivity contribution in [2.45, 2.75) is 20.4 Å². The Labute approximate surface area is 187 Å². The highest BCUT2D eigenvalue weighted by molar-refractivity contribution is 7.71. The van der Waals surface area contributed by atoms with Gasteiger partial charge >= 0.3 is 0 Å². The normalized spacial score (nSPS) is 10.9. The van der Waals surface area contributed by atoms with Crippen LogP contribution >= 0.6 is 35.2 Å². The molecule has 0 bridgehead atoms. The molecule has 2 N–H and O–H groups in total. The van der Waals surface area contributed by atoms with Gasteiger partial charge in [0.05, 0.1) is 5.69 Å². The Kier molecular flexibility index (Phi) is 5.80. The molecule has 1 amide bonds. The van der Waals surface area contributed by atoms with Crippen LogP contribution in [-0.4, -0.2) is 25.7 Å². The molecule has 0 aliphatic rings. The molecule has 4 rings (SSSR count). The second-order valence-electron chi connectivity index (χ2n) is 6.83. The average Bonchev–Trinajstić information content (AvgIpc) is 3.32. The third-order valence-corrected chi connectivity index (χ3v) is 6.04. The van der Waals surface area contributed by atoms with E-state index in [0.29, 0.717) is 20.7 Å². The molecule has 30 heavy (non-hydrogen) atoms. The van der Waals surface area contributed by atoms with E-state index in [9.17, 15) is 4.79 Å². The number of halogens is 1. The number of hydrogen-bond acceptors (Lipinski definition) is 5. The fraction of sp³-hybridized carbons (Fsp3) is 0.143. The molecule has 0 unspecified atom stereocenters. The molecule has 152 valence electrons. The number of aryl methyl sites for hydroxylation is 2. The van der Waals surface area contributed by atoms with Crippen LogP contribution in [0.25, 0.3) is 22.6 Å². The van der Waals surface area contributed by atoms with Crippen molar-refractivity contribution < 1.29 is 4.79 Å². The van der Waals surface area contributed by atoms with E-state index < -0.39 is 0 Å². The first-order valence-electron chi connectivity index (χ1n) is 9.15. The van der Waals surface area contributed by atoms with Gasteiger partial charge in [0.2, 0.25) is 5.91 Å². The molecule has 4 aromatic rings. The molecule has 2 aromatic carbocycles. The number of rotatable bonds is 5. The highest BCUT2D eigenvalue weighted by atomic mass is 35.5. The standard InChI is InChI=1S/C21H18ClN5OS2/c1-12-3-4-15(9-13(12)2)17-11-30-20(23-17)24-18(28)10-27-19(25-26-21(27)29)14-5-7-16(22)8-6-14/h3-9,11H,10H2,1-2H3,(H,26,29)(H,23,24,28). The fourth-order valence-electron chi connectivity index (χ4n) is 2.95. The molecule has 6 nitrogen and oxygen atoms in total.